The molecule has 0 aromatic heterocycles. The van der Waals surface area contributed by atoms with Crippen LogP contribution in [-0.4, -0.2) is 29.0 Å². The second-order valence-corrected chi connectivity index (χ2v) is 3.19. The van der Waals surface area contributed by atoms with Crippen LogP contribution < -0.4 is 16.2 Å². The van der Waals surface area contributed by atoms with Gasteiger partial charge in [-0.25, -0.2) is 4.79 Å². The molecular weight excluding hydrogens is 190 g/mol. The first kappa shape index (κ1) is 8.82. The van der Waals surface area contributed by atoms with Crippen molar-refractivity contribution in [3.63, 3.8) is 0 Å². The third-order valence-electron chi connectivity index (χ3n) is 2.22. The molecule has 1 saturated carbocycles. The number of ketones is 3. The van der Waals surface area contributed by atoms with Gasteiger partial charge < -0.3 is 5.32 Å². The van der Waals surface area contributed by atoms with Crippen molar-refractivity contribution in [1.82, 2.24) is 16.2 Å². The highest BCUT2D eigenvalue weighted by molar-refractivity contribution is 6.27. The van der Waals surface area contributed by atoms with Crippen molar-refractivity contribution in [2.24, 2.45) is 0 Å². The maximum atomic E-state index is 11.4. The molecule has 0 aromatic carbocycles. The molecule has 1 spiro atoms. The van der Waals surface area contributed by atoms with E-state index in [-0.39, 0.29) is 12.8 Å². The fourth-order valence-electron chi connectivity index (χ4n) is 1.50. The van der Waals surface area contributed by atoms with Gasteiger partial charge in [0.15, 0.2) is 11.6 Å². The van der Waals surface area contributed by atoms with Crippen LogP contribution in [0.5, 0.6) is 0 Å². The summed E-state index contributed by atoms with van der Waals surface area (Å²) in [5, 5.41) is 2.18. The minimum absolute atomic E-state index is 0.333. The molecule has 0 radical (unpaired) electrons. The molecule has 7 heteroatoms. The summed E-state index contributed by atoms with van der Waals surface area (Å²) in [5.41, 5.74) is 2.67. The van der Waals surface area contributed by atoms with Gasteiger partial charge in [-0.05, 0) is 0 Å². The van der Waals surface area contributed by atoms with Crippen LogP contribution in [0.25, 0.3) is 0 Å². The molecule has 0 bridgehead atoms. The van der Waals surface area contributed by atoms with E-state index in [4.69, 9.17) is 0 Å². The summed E-state index contributed by atoms with van der Waals surface area (Å²) in [6, 6.07) is -0.652. The van der Waals surface area contributed by atoms with Crippen molar-refractivity contribution in [3.05, 3.63) is 0 Å². The Morgan fingerprint density at radius 2 is 1.57 bits per heavy atom. The molecule has 2 rings (SSSR count). The molecule has 2 aliphatic rings. The van der Waals surface area contributed by atoms with E-state index in [2.05, 4.69) is 16.2 Å². The SMILES string of the molecule is O=C1CC(=O)C2(NNC(=O)N2)C(=O)C1. The van der Waals surface area contributed by atoms with E-state index in [0.717, 1.165) is 0 Å². The Labute approximate surface area is 78.2 Å². The Morgan fingerprint density at radius 3 is 2.00 bits per heavy atom. The first-order chi connectivity index (χ1) is 6.54. The summed E-state index contributed by atoms with van der Waals surface area (Å²) in [5.74, 6) is -1.68. The van der Waals surface area contributed by atoms with Crippen molar-refractivity contribution >= 4 is 23.4 Å². The molecule has 14 heavy (non-hydrogen) atoms. The highest BCUT2D eigenvalue weighted by atomic mass is 16.2. The number of amides is 2. The van der Waals surface area contributed by atoms with Gasteiger partial charge in [0.25, 0.3) is 0 Å². The molecule has 1 aliphatic carbocycles. The number of Topliss-reactive ketones (excluding diaryl/α,β-unsaturated/α-hetero) is 3. The zero-order valence-corrected chi connectivity index (χ0v) is 7.05. The standard InChI is InChI=1S/C7H7N3O4/c11-3-1-4(12)7(5(13)2-3)8-6(14)9-10-7/h10H,1-2H2,(H2,8,9,14). The summed E-state index contributed by atoms with van der Waals surface area (Å²) in [7, 11) is 0. The minimum Gasteiger partial charge on any atom is -0.305 e. The van der Waals surface area contributed by atoms with Gasteiger partial charge in [0.1, 0.15) is 5.78 Å². The van der Waals surface area contributed by atoms with Gasteiger partial charge in [-0.3, -0.25) is 19.8 Å². The van der Waals surface area contributed by atoms with Crippen LogP contribution in [0.2, 0.25) is 0 Å². The maximum absolute atomic E-state index is 11.4. The minimum atomic E-state index is -1.72. The lowest BCUT2D eigenvalue weighted by atomic mass is 9.86. The van der Waals surface area contributed by atoms with Crippen LogP contribution in [0, 0.1) is 0 Å². The van der Waals surface area contributed by atoms with E-state index in [0.29, 0.717) is 0 Å². The molecule has 0 atom stereocenters. The van der Waals surface area contributed by atoms with Crippen LogP contribution in [0.3, 0.4) is 0 Å². The van der Waals surface area contributed by atoms with Crippen LogP contribution >= 0.6 is 0 Å². The van der Waals surface area contributed by atoms with Crippen molar-refractivity contribution in [3.8, 4) is 0 Å². The fraction of sp³-hybridized carbons (Fsp3) is 0.429. The highest BCUT2D eigenvalue weighted by Gasteiger charge is 2.53. The topological polar surface area (TPSA) is 104 Å². The average molecular weight is 197 g/mol. The van der Waals surface area contributed by atoms with Crippen molar-refractivity contribution in [2.45, 2.75) is 18.5 Å². The number of hydrogen-bond acceptors (Lipinski definition) is 5. The van der Waals surface area contributed by atoms with E-state index in [9.17, 15) is 19.2 Å². The first-order valence-electron chi connectivity index (χ1n) is 3.98. The summed E-state index contributed by atoms with van der Waals surface area (Å²) in [6.45, 7) is 0. The van der Waals surface area contributed by atoms with E-state index in [1.54, 1.807) is 0 Å². The van der Waals surface area contributed by atoms with E-state index in [1.165, 1.54) is 0 Å². The lowest BCUT2D eigenvalue weighted by Crippen LogP contribution is -2.65. The third-order valence-corrected chi connectivity index (χ3v) is 2.22. The monoisotopic (exact) mass is 197 g/mol. The number of hydrazine groups is 1. The van der Waals surface area contributed by atoms with Crippen LogP contribution in [0.4, 0.5) is 4.79 Å². The number of nitrogens with one attached hydrogen (secondary N) is 3. The molecule has 0 unspecified atom stereocenters. The molecule has 1 saturated heterocycles. The zero-order valence-electron chi connectivity index (χ0n) is 7.05. The largest absolute Gasteiger partial charge is 0.331 e. The van der Waals surface area contributed by atoms with Gasteiger partial charge in [0, 0.05) is 0 Å². The summed E-state index contributed by atoms with van der Waals surface area (Å²) >= 11 is 0. The molecule has 1 aliphatic heterocycles. The highest BCUT2D eigenvalue weighted by Crippen LogP contribution is 2.18. The smallest absolute Gasteiger partial charge is 0.305 e. The summed E-state index contributed by atoms with van der Waals surface area (Å²) in [6.07, 6.45) is -0.665. The lowest BCUT2D eigenvalue weighted by Gasteiger charge is -2.27. The van der Waals surface area contributed by atoms with Gasteiger partial charge in [-0.2, -0.15) is 5.43 Å². The van der Waals surface area contributed by atoms with Gasteiger partial charge in [-0.15, -0.1) is 0 Å². The fourth-order valence-corrected chi connectivity index (χ4v) is 1.50. The van der Waals surface area contributed by atoms with E-state index < -0.39 is 29.0 Å². The van der Waals surface area contributed by atoms with Gasteiger partial charge in [-0.1, -0.05) is 0 Å². The zero-order chi connectivity index (χ0) is 10.3. The van der Waals surface area contributed by atoms with Crippen LogP contribution in [0.1, 0.15) is 12.8 Å². The van der Waals surface area contributed by atoms with E-state index in [1.807, 2.05) is 0 Å². The predicted octanol–water partition coefficient (Wildman–Crippen LogP) is -2.00. The van der Waals surface area contributed by atoms with Crippen molar-refractivity contribution in [1.29, 1.82) is 0 Å². The van der Waals surface area contributed by atoms with Crippen molar-refractivity contribution in [2.75, 3.05) is 0 Å². The summed E-state index contributed by atoms with van der Waals surface area (Å²) in [4.78, 5) is 44.6. The Hall–Kier alpha value is -1.76. The second kappa shape index (κ2) is 2.61. The Morgan fingerprint density at radius 1 is 1.00 bits per heavy atom. The molecular formula is C7H7N3O4. The number of carbonyl (C=O) groups excluding carboxylic acids is 4. The third kappa shape index (κ3) is 1.02. The molecule has 74 valence electrons. The van der Waals surface area contributed by atoms with Crippen molar-refractivity contribution < 1.29 is 19.2 Å². The number of urea groups is 1. The molecule has 1 heterocycles. The lowest BCUT2D eigenvalue weighted by molar-refractivity contribution is -0.144. The van der Waals surface area contributed by atoms with Gasteiger partial charge in [0.05, 0.1) is 12.8 Å². The Kier molecular flexibility index (Phi) is 1.65. The van der Waals surface area contributed by atoms with Gasteiger partial charge >= 0.3 is 6.03 Å². The van der Waals surface area contributed by atoms with Crippen LogP contribution in [-0.2, 0) is 14.4 Å². The Bertz CT molecular complexity index is 342. The van der Waals surface area contributed by atoms with E-state index >= 15 is 0 Å². The first-order valence-corrected chi connectivity index (χ1v) is 3.98. The molecule has 0 aromatic rings. The molecule has 2 fully saturated rings. The van der Waals surface area contributed by atoms with Gasteiger partial charge in [0.2, 0.25) is 5.66 Å². The molecule has 7 nitrogen and oxygen atoms in total. The molecule has 2 amide bonds. The average Bonchev–Trinajstić information content (AvgIpc) is 2.46. The normalized spacial score (nSPS) is 25.1. The Balaban J connectivity index is 2.34. The number of carbonyl (C=O) groups is 4. The quantitative estimate of drug-likeness (QED) is 0.389. The summed E-state index contributed by atoms with van der Waals surface area (Å²) < 4.78 is 0. The number of rotatable bonds is 0. The predicted molar refractivity (Wildman–Crippen MR) is 41.8 cm³/mol. The van der Waals surface area contributed by atoms with Crippen LogP contribution in [0.15, 0.2) is 0 Å². The molecule has 3 N–H and O–H groups in total. The number of hydrogen-bond donors (Lipinski definition) is 3. The second-order valence-electron chi connectivity index (χ2n) is 3.19. The maximum Gasteiger partial charge on any atom is 0.331 e.